The van der Waals surface area contributed by atoms with E-state index in [9.17, 15) is 9.90 Å². The summed E-state index contributed by atoms with van der Waals surface area (Å²) in [5, 5.41) is 10.9. The molecule has 0 aliphatic heterocycles. The number of pyridine rings is 1. The zero-order chi connectivity index (χ0) is 12.7. The minimum atomic E-state index is -1.02. The average Bonchev–Trinajstić information content (AvgIpc) is 2.73. The third-order valence-electron chi connectivity index (χ3n) is 2.93. The van der Waals surface area contributed by atoms with Crippen LogP contribution in [0.5, 0.6) is 5.88 Å². The van der Waals surface area contributed by atoms with Gasteiger partial charge in [0.15, 0.2) is 0 Å². The number of nitrogens with zero attached hydrogens (tertiary/aromatic N) is 2. The second kappa shape index (κ2) is 3.73. The van der Waals surface area contributed by atoms with Crippen molar-refractivity contribution < 1.29 is 14.6 Å². The molecule has 3 rings (SSSR count). The Hall–Kier alpha value is -2.56. The van der Waals surface area contributed by atoms with Gasteiger partial charge in [-0.15, -0.1) is 0 Å². The van der Waals surface area contributed by atoms with Crippen molar-refractivity contribution in [3.05, 3.63) is 36.5 Å². The number of ether oxygens (including phenoxy) is 1. The van der Waals surface area contributed by atoms with E-state index in [0.29, 0.717) is 16.9 Å². The maximum absolute atomic E-state index is 11.4. The van der Waals surface area contributed by atoms with Crippen LogP contribution in [0, 0.1) is 0 Å². The lowest BCUT2D eigenvalue weighted by Crippen LogP contribution is -2.06. The zero-order valence-electron chi connectivity index (χ0n) is 9.62. The van der Waals surface area contributed by atoms with Crippen LogP contribution in [-0.2, 0) is 0 Å². The maximum Gasteiger partial charge on any atom is 0.416 e. The first-order chi connectivity index (χ1) is 8.74. The molecule has 0 aliphatic carbocycles. The number of methoxy groups -OCH3 is 1. The lowest BCUT2D eigenvalue weighted by molar-refractivity contribution is 0.198. The molecule has 2 heterocycles. The second-order valence-electron chi connectivity index (χ2n) is 3.85. The highest BCUT2D eigenvalue weighted by atomic mass is 16.5. The molecule has 0 radical (unpaired) electrons. The quantitative estimate of drug-likeness (QED) is 0.712. The Kier molecular flexibility index (Phi) is 2.19. The van der Waals surface area contributed by atoms with Crippen molar-refractivity contribution in [1.29, 1.82) is 0 Å². The highest BCUT2D eigenvalue weighted by Crippen LogP contribution is 2.33. The van der Waals surface area contributed by atoms with E-state index in [1.165, 1.54) is 11.7 Å². The molecule has 5 nitrogen and oxygen atoms in total. The molecule has 0 saturated heterocycles. The van der Waals surface area contributed by atoms with Crippen LogP contribution >= 0.6 is 0 Å². The van der Waals surface area contributed by atoms with Gasteiger partial charge in [0.25, 0.3) is 0 Å². The fourth-order valence-corrected chi connectivity index (χ4v) is 2.24. The van der Waals surface area contributed by atoms with Crippen molar-refractivity contribution in [2.75, 3.05) is 7.11 Å². The van der Waals surface area contributed by atoms with Gasteiger partial charge in [0.2, 0.25) is 5.88 Å². The number of fused-ring (bicyclic) bond motifs is 3. The van der Waals surface area contributed by atoms with Crippen LogP contribution in [0.4, 0.5) is 4.79 Å². The van der Waals surface area contributed by atoms with E-state index in [-0.39, 0.29) is 0 Å². The Bertz CT molecular complexity index is 761. The topological polar surface area (TPSA) is 64.4 Å². The Balaban J connectivity index is 2.62. The minimum Gasteiger partial charge on any atom is -0.480 e. The van der Waals surface area contributed by atoms with Gasteiger partial charge in [-0.3, -0.25) is 0 Å². The number of rotatable bonds is 1. The maximum atomic E-state index is 11.4. The van der Waals surface area contributed by atoms with Gasteiger partial charge in [-0.25, -0.2) is 14.3 Å². The number of carboxylic acid groups (broad SMARTS) is 1. The summed E-state index contributed by atoms with van der Waals surface area (Å²) in [5.41, 5.74) is 1.21. The van der Waals surface area contributed by atoms with Gasteiger partial charge in [0.05, 0.1) is 23.5 Å². The van der Waals surface area contributed by atoms with E-state index in [1.807, 2.05) is 12.1 Å². The van der Waals surface area contributed by atoms with Gasteiger partial charge >= 0.3 is 6.09 Å². The molecule has 1 aromatic carbocycles. The van der Waals surface area contributed by atoms with Crippen LogP contribution in [0.3, 0.4) is 0 Å². The van der Waals surface area contributed by atoms with Gasteiger partial charge in [0.1, 0.15) is 0 Å². The summed E-state index contributed by atoms with van der Waals surface area (Å²) in [6.07, 6.45) is 0.522. The van der Waals surface area contributed by atoms with Crippen LogP contribution in [0.25, 0.3) is 21.8 Å². The Labute approximate surface area is 102 Å². The van der Waals surface area contributed by atoms with Gasteiger partial charge in [-0.1, -0.05) is 18.2 Å². The van der Waals surface area contributed by atoms with Gasteiger partial charge in [0, 0.05) is 11.6 Å². The van der Waals surface area contributed by atoms with Crippen LogP contribution in [0.1, 0.15) is 0 Å². The first kappa shape index (κ1) is 10.6. The smallest absolute Gasteiger partial charge is 0.416 e. The Morgan fingerprint density at radius 2 is 2.06 bits per heavy atom. The Morgan fingerprint density at radius 3 is 2.78 bits per heavy atom. The average molecular weight is 242 g/mol. The molecule has 0 amide bonds. The minimum absolute atomic E-state index is 0.434. The molecule has 1 N–H and O–H groups in total. The van der Waals surface area contributed by atoms with Crippen LogP contribution in [0.2, 0.25) is 0 Å². The molecule has 5 heteroatoms. The predicted molar refractivity (Wildman–Crippen MR) is 67.2 cm³/mol. The number of para-hydroxylation sites is 1. The van der Waals surface area contributed by atoms with Crippen LogP contribution < -0.4 is 4.74 Å². The van der Waals surface area contributed by atoms with E-state index < -0.39 is 6.09 Å². The summed E-state index contributed by atoms with van der Waals surface area (Å²) in [7, 11) is 1.52. The highest BCUT2D eigenvalue weighted by Gasteiger charge is 2.17. The lowest BCUT2D eigenvalue weighted by atomic mass is 10.2. The number of aromatic nitrogens is 2. The van der Waals surface area contributed by atoms with Crippen molar-refractivity contribution in [3.8, 4) is 5.88 Å². The van der Waals surface area contributed by atoms with Crippen LogP contribution in [0.15, 0.2) is 36.5 Å². The third-order valence-corrected chi connectivity index (χ3v) is 2.93. The van der Waals surface area contributed by atoms with E-state index in [1.54, 1.807) is 24.4 Å². The number of hydrogen-bond donors (Lipinski definition) is 1. The van der Waals surface area contributed by atoms with Gasteiger partial charge in [-0.05, 0) is 12.1 Å². The summed E-state index contributed by atoms with van der Waals surface area (Å²) in [4.78, 5) is 15.5. The normalized spacial score (nSPS) is 10.9. The number of hydrogen-bond acceptors (Lipinski definition) is 3. The monoisotopic (exact) mass is 242 g/mol. The molecule has 0 spiro atoms. The molecule has 18 heavy (non-hydrogen) atoms. The Morgan fingerprint density at radius 1 is 1.28 bits per heavy atom. The van der Waals surface area contributed by atoms with Crippen molar-refractivity contribution in [2.45, 2.75) is 0 Å². The predicted octanol–water partition coefficient (Wildman–Crippen LogP) is 2.72. The molecule has 0 fully saturated rings. The van der Waals surface area contributed by atoms with E-state index in [2.05, 4.69) is 4.98 Å². The molecule has 0 saturated carbocycles. The molecule has 0 aliphatic rings. The SMILES string of the molecule is COc1nccc2c1c1ccccc1n2C(=O)O. The highest BCUT2D eigenvalue weighted by molar-refractivity contribution is 6.14. The summed E-state index contributed by atoms with van der Waals surface area (Å²) in [6, 6.07) is 8.97. The number of benzene rings is 1. The van der Waals surface area contributed by atoms with Crippen molar-refractivity contribution in [3.63, 3.8) is 0 Å². The zero-order valence-corrected chi connectivity index (χ0v) is 9.62. The molecule has 0 unspecified atom stereocenters. The van der Waals surface area contributed by atoms with Gasteiger partial charge in [-0.2, -0.15) is 0 Å². The molecule has 3 aromatic rings. The fourth-order valence-electron chi connectivity index (χ4n) is 2.24. The molecule has 0 bridgehead atoms. The van der Waals surface area contributed by atoms with E-state index in [0.717, 1.165) is 10.8 Å². The fraction of sp³-hybridized carbons (Fsp3) is 0.0769. The number of carbonyl (C=O) groups is 1. The molecule has 2 aromatic heterocycles. The molecule has 0 atom stereocenters. The van der Waals surface area contributed by atoms with Crippen molar-refractivity contribution in [2.24, 2.45) is 0 Å². The van der Waals surface area contributed by atoms with Crippen LogP contribution in [-0.4, -0.2) is 27.9 Å². The first-order valence-corrected chi connectivity index (χ1v) is 5.39. The summed E-state index contributed by atoms with van der Waals surface area (Å²) in [5.74, 6) is 0.434. The van der Waals surface area contributed by atoms with Gasteiger partial charge < -0.3 is 9.84 Å². The molecule has 90 valence electrons. The summed E-state index contributed by atoms with van der Waals surface area (Å²) < 4.78 is 6.46. The lowest BCUT2D eigenvalue weighted by Gasteiger charge is -2.01. The standard InChI is InChI=1S/C13H10N2O3/c1-18-12-11-8-4-2-3-5-9(8)15(13(16)17)10(11)6-7-14-12/h2-7H,1H3,(H,16,17). The largest absolute Gasteiger partial charge is 0.480 e. The van der Waals surface area contributed by atoms with Crippen molar-refractivity contribution >= 4 is 27.9 Å². The summed E-state index contributed by atoms with van der Waals surface area (Å²) >= 11 is 0. The molecular weight excluding hydrogens is 232 g/mol. The van der Waals surface area contributed by atoms with E-state index in [4.69, 9.17) is 4.74 Å². The van der Waals surface area contributed by atoms with Crippen molar-refractivity contribution in [1.82, 2.24) is 9.55 Å². The first-order valence-electron chi connectivity index (χ1n) is 5.39. The van der Waals surface area contributed by atoms with E-state index >= 15 is 0 Å². The third kappa shape index (κ3) is 1.27. The molecular formula is C13H10N2O3. The second-order valence-corrected chi connectivity index (χ2v) is 3.85. The summed E-state index contributed by atoms with van der Waals surface area (Å²) in [6.45, 7) is 0.